The number of likely N-dealkylation sites (N-methyl/N-ethyl adjacent to an activating group) is 1. The monoisotopic (exact) mass is 374 g/mol. The molecule has 1 amide bonds. The number of ether oxygens (including phenoxy) is 1. The van der Waals surface area contributed by atoms with Crippen LogP contribution in [0.3, 0.4) is 0 Å². The average molecular weight is 374 g/mol. The lowest BCUT2D eigenvalue weighted by molar-refractivity contribution is -0.117. The summed E-state index contributed by atoms with van der Waals surface area (Å²) in [6, 6.07) is 8.37. The summed E-state index contributed by atoms with van der Waals surface area (Å²) in [5.74, 6) is 0.712. The number of sulfonamides is 1. The van der Waals surface area contributed by atoms with Gasteiger partial charge in [-0.05, 0) is 67.8 Å². The van der Waals surface area contributed by atoms with E-state index >= 15 is 0 Å². The van der Waals surface area contributed by atoms with Crippen LogP contribution in [0.4, 0.5) is 11.4 Å². The van der Waals surface area contributed by atoms with Crippen LogP contribution >= 0.6 is 0 Å². The maximum Gasteiger partial charge on any atom is 0.261 e. The molecule has 0 unspecified atom stereocenters. The standard InChI is InChI=1S/C19H22N2O4S/c1-5-21-17-7-6-15(10-14(17)11-18(21)22)20-26(23,24)16-8-12(2)19(25-4)13(3)9-16/h6-10,20H,5,11H2,1-4H3. The molecule has 0 radical (unpaired) electrons. The molecule has 26 heavy (non-hydrogen) atoms. The van der Waals surface area contributed by atoms with Gasteiger partial charge in [-0.3, -0.25) is 9.52 Å². The topological polar surface area (TPSA) is 75.7 Å². The van der Waals surface area contributed by atoms with Crippen molar-refractivity contribution in [3.05, 3.63) is 47.0 Å². The van der Waals surface area contributed by atoms with Gasteiger partial charge in [0.2, 0.25) is 5.91 Å². The van der Waals surface area contributed by atoms with Gasteiger partial charge in [-0.2, -0.15) is 0 Å². The van der Waals surface area contributed by atoms with Crippen molar-refractivity contribution in [1.29, 1.82) is 0 Å². The molecular weight excluding hydrogens is 352 g/mol. The number of benzene rings is 2. The zero-order valence-electron chi connectivity index (χ0n) is 15.3. The van der Waals surface area contributed by atoms with Crippen LogP contribution in [0.15, 0.2) is 35.2 Å². The number of carbonyl (C=O) groups excluding carboxylic acids is 1. The van der Waals surface area contributed by atoms with E-state index in [1.165, 1.54) is 0 Å². The summed E-state index contributed by atoms with van der Waals surface area (Å²) in [7, 11) is -2.17. The second-order valence-corrected chi connectivity index (χ2v) is 8.04. The molecule has 7 heteroatoms. The van der Waals surface area contributed by atoms with Gasteiger partial charge in [0.25, 0.3) is 10.0 Å². The van der Waals surface area contributed by atoms with Crippen LogP contribution in [0.1, 0.15) is 23.6 Å². The molecular formula is C19H22N2O4S. The van der Waals surface area contributed by atoms with E-state index in [4.69, 9.17) is 4.74 Å². The molecule has 138 valence electrons. The van der Waals surface area contributed by atoms with Gasteiger partial charge in [0, 0.05) is 17.9 Å². The number of hydrogen-bond donors (Lipinski definition) is 1. The highest BCUT2D eigenvalue weighted by Crippen LogP contribution is 2.32. The molecule has 1 N–H and O–H groups in total. The van der Waals surface area contributed by atoms with Crippen molar-refractivity contribution in [2.45, 2.75) is 32.1 Å². The van der Waals surface area contributed by atoms with Gasteiger partial charge in [-0.25, -0.2) is 8.42 Å². The van der Waals surface area contributed by atoms with Gasteiger partial charge < -0.3 is 9.64 Å². The van der Waals surface area contributed by atoms with E-state index in [-0.39, 0.29) is 10.8 Å². The first-order valence-electron chi connectivity index (χ1n) is 8.38. The molecule has 0 bridgehead atoms. The molecule has 0 saturated heterocycles. The summed E-state index contributed by atoms with van der Waals surface area (Å²) in [6.45, 7) is 6.13. The smallest absolute Gasteiger partial charge is 0.261 e. The Balaban J connectivity index is 1.92. The van der Waals surface area contributed by atoms with E-state index in [2.05, 4.69) is 4.72 Å². The molecule has 6 nitrogen and oxygen atoms in total. The zero-order valence-corrected chi connectivity index (χ0v) is 16.1. The quantitative estimate of drug-likeness (QED) is 0.873. The van der Waals surface area contributed by atoms with Crippen molar-refractivity contribution in [2.75, 3.05) is 23.3 Å². The molecule has 0 saturated carbocycles. The van der Waals surface area contributed by atoms with Gasteiger partial charge in [0.05, 0.1) is 18.4 Å². The second kappa shape index (κ2) is 6.64. The van der Waals surface area contributed by atoms with Crippen molar-refractivity contribution >= 4 is 27.3 Å². The van der Waals surface area contributed by atoms with Crippen molar-refractivity contribution in [1.82, 2.24) is 0 Å². The van der Waals surface area contributed by atoms with Crippen LogP contribution in [-0.2, 0) is 21.2 Å². The number of aryl methyl sites for hydroxylation is 2. The molecule has 0 spiro atoms. The fraction of sp³-hybridized carbons (Fsp3) is 0.316. The zero-order chi connectivity index (χ0) is 19.1. The first kappa shape index (κ1) is 18.3. The first-order valence-corrected chi connectivity index (χ1v) is 9.86. The molecule has 3 rings (SSSR count). The summed E-state index contributed by atoms with van der Waals surface area (Å²) in [5.41, 5.74) is 3.63. The number of anilines is 2. The van der Waals surface area contributed by atoms with Crippen molar-refractivity contribution in [3.63, 3.8) is 0 Å². The average Bonchev–Trinajstić information content (AvgIpc) is 2.88. The van der Waals surface area contributed by atoms with Crippen molar-refractivity contribution in [3.8, 4) is 5.75 Å². The minimum absolute atomic E-state index is 0.0314. The van der Waals surface area contributed by atoms with Crippen molar-refractivity contribution in [2.24, 2.45) is 0 Å². The van der Waals surface area contributed by atoms with E-state index < -0.39 is 10.0 Å². The highest BCUT2D eigenvalue weighted by Gasteiger charge is 2.26. The second-order valence-electron chi connectivity index (χ2n) is 6.35. The molecule has 2 aromatic carbocycles. The fourth-order valence-corrected chi connectivity index (χ4v) is 4.61. The maximum absolute atomic E-state index is 12.8. The van der Waals surface area contributed by atoms with E-state index in [0.717, 1.165) is 22.4 Å². The Morgan fingerprint density at radius 1 is 1.15 bits per heavy atom. The number of carbonyl (C=O) groups is 1. The summed E-state index contributed by atoms with van der Waals surface area (Å²) < 4.78 is 33.4. The SMILES string of the molecule is CCN1C(=O)Cc2cc(NS(=O)(=O)c3cc(C)c(OC)c(C)c3)ccc21. The Morgan fingerprint density at radius 3 is 2.38 bits per heavy atom. The number of methoxy groups -OCH3 is 1. The lowest BCUT2D eigenvalue weighted by atomic mass is 10.1. The van der Waals surface area contributed by atoms with E-state index in [0.29, 0.717) is 24.4 Å². The van der Waals surface area contributed by atoms with E-state index in [1.54, 1.807) is 42.3 Å². The predicted octanol–water partition coefficient (Wildman–Crippen LogP) is 3.02. The third kappa shape index (κ3) is 3.14. The number of nitrogens with zero attached hydrogens (tertiary/aromatic N) is 1. The minimum Gasteiger partial charge on any atom is -0.496 e. The van der Waals surface area contributed by atoms with Crippen LogP contribution in [0.2, 0.25) is 0 Å². The fourth-order valence-electron chi connectivity index (χ4n) is 3.40. The number of fused-ring (bicyclic) bond motifs is 1. The largest absolute Gasteiger partial charge is 0.496 e. The Hall–Kier alpha value is -2.54. The molecule has 0 aromatic heterocycles. The summed E-state index contributed by atoms with van der Waals surface area (Å²) in [6.07, 6.45) is 0.291. The van der Waals surface area contributed by atoms with Gasteiger partial charge in [0.15, 0.2) is 0 Å². The summed E-state index contributed by atoms with van der Waals surface area (Å²) in [4.78, 5) is 13.9. The number of nitrogens with one attached hydrogen (secondary N) is 1. The Morgan fingerprint density at radius 2 is 1.81 bits per heavy atom. The van der Waals surface area contributed by atoms with Crippen LogP contribution in [0.25, 0.3) is 0 Å². The van der Waals surface area contributed by atoms with Gasteiger partial charge in [0.1, 0.15) is 5.75 Å². The molecule has 1 heterocycles. The summed E-state index contributed by atoms with van der Waals surface area (Å²) in [5, 5.41) is 0. The number of amides is 1. The van der Waals surface area contributed by atoms with Crippen molar-refractivity contribution < 1.29 is 17.9 Å². The highest BCUT2D eigenvalue weighted by molar-refractivity contribution is 7.92. The molecule has 0 atom stereocenters. The predicted molar refractivity (Wildman–Crippen MR) is 101 cm³/mol. The van der Waals surface area contributed by atoms with Gasteiger partial charge >= 0.3 is 0 Å². The Labute approximate surface area is 153 Å². The Kier molecular flexibility index (Phi) is 4.66. The highest BCUT2D eigenvalue weighted by atomic mass is 32.2. The van der Waals surface area contributed by atoms with E-state index in [9.17, 15) is 13.2 Å². The van der Waals surface area contributed by atoms with Crippen LogP contribution in [0.5, 0.6) is 5.75 Å². The third-order valence-corrected chi connectivity index (χ3v) is 5.89. The molecule has 0 aliphatic carbocycles. The molecule has 1 aliphatic rings. The minimum atomic E-state index is -3.74. The van der Waals surface area contributed by atoms with E-state index in [1.807, 2.05) is 20.8 Å². The third-order valence-electron chi connectivity index (χ3n) is 4.53. The molecule has 1 aliphatic heterocycles. The number of hydrogen-bond acceptors (Lipinski definition) is 4. The summed E-state index contributed by atoms with van der Waals surface area (Å²) >= 11 is 0. The molecule has 0 fully saturated rings. The van der Waals surface area contributed by atoms with Crippen LogP contribution in [-0.4, -0.2) is 28.0 Å². The molecule has 2 aromatic rings. The number of rotatable bonds is 5. The normalized spacial score (nSPS) is 13.7. The maximum atomic E-state index is 12.8. The van der Waals surface area contributed by atoms with Gasteiger partial charge in [-0.1, -0.05) is 0 Å². The van der Waals surface area contributed by atoms with Crippen LogP contribution in [0, 0.1) is 13.8 Å². The lowest BCUT2D eigenvalue weighted by Gasteiger charge is -2.16. The first-order chi connectivity index (χ1) is 12.3. The van der Waals surface area contributed by atoms with Gasteiger partial charge in [-0.15, -0.1) is 0 Å². The lowest BCUT2D eigenvalue weighted by Crippen LogP contribution is -2.25. The van der Waals surface area contributed by atoms with Crippen LogP contribution < -0.4 is 14.4 Å². The Bertz CT molecular complexity index is 960.